The van der Waals surface area contributed by atoms with E-state index in [4.69, 9.17) is 5.11 Å². The third-order valence-electron chi connectivity index (χ3n) is 3.47. The van der Waals surface area contributed by atoms with Gasteiger partial charge in [0.25, 0.3) is 0 Å². The Labute approximate surface area is 82.9 Å². The number of piperidine rings is 1. The molecule has 2 fully saturated rings. The van der Waals surface area contributed by atoms with Crippen molar-refractivity contribution in [2.45, 2.75) is 32.2 Å². The summed E-state index contributed by atoms with van der Waals surface area (Å²) in [7, 11) is 0. The number of hydrogen-bond acceptors (Lipinski definition) is 2. The van der Waals surface area contributed by atoms with Crippen LogP contribution in [0.25, 0.3) is 0 Å². The van der Waals surface area contributed by atoms with Crippen LogP contribution in [0.2, 0.25) is 0 Å². The van der Waals surface area contributed by atoms with Gasteiger partial charge in [-0.15, -0.1) is 0 Å². The Morgan fingerprint density at radius 1 is 1.57 bits per heavy atom. The zero-order chi connectivity index (χ0) is 10.3. The van der Waals surface area contributed by atoms with Crippen LogP contribution in [0.3, 0.4) is 0 Å². The van der Waals surface area contributed by atoms with E-state index in [-0.39, 0.29) is 17.9 Å². The zero-order valence-corrected chi connectivity index (χ0v) is 8.27. The fourth-order valence-electron chi connectivity index (χ4n) is 2.85. The second kappa shape index (κ2) is 3.26. The lowest BCUT2D eigenvalue weighted by atomic mass is 9.98. The number of hydrogen-bond donors (Lipinski definition) is 1. The Kier molecular flexibility index (Phi) is 2.21. The van der Waals surface area contributed by atoms with E-state index in [1.165, 1.54) is 0 Å². The molecule has 1 saturated heterocycles. The fourth-order valence-corrected chi connectivity index (χ4v) is 2.85. The summed E-state index contributed by atoms with van der Waals surface area (Å²) < 4.78 is 0. The van der Waals surface area contributed by atoms with Gasteiger partial charge in [0.2, 0.25) is 5.91 Å². The van der Waals surface area contributed by atoms with E-state index in [1.807, 2.05) is 6.92 Å². The van der Waals surface area contributed by atoms with E-state index >= 15 is 0 Å². The third-order valence-corrected chi connectivity index (χ3v) is 3.47. The van der Waals surface area contributed by atoms with E-state index < -0.39 is 5.97 Å². The Bertz CT molecular complexity index is 275. The smallest absolute Gasteiger partial charge is 0.308 e. The van der Waals surface area contributed by atoms with E-state index in [9.17, 15) is 9.59 Å². The highest BCUT2D eigenvalue weighted by Gasteiger charge is 2.47. The van der Waals surface area contributed by atoms with Gasteiger partial charge in [-0.2, -0.15) is 0 Å². The van der Waals surface area contributed by atoms with Crippen LogP contribution in [-0.2, 0) is 9.59 Å². The number of carbonyl (C=O) groups is 2. The first-order valence-electron chi connectivity index (χ1n) is 5.15. The molecule has 1 amide bonds. The summed E-state index contributed by atoms with van der Waals surface area (Å²) >= 11 is 0. The van der Waals surface area contributed by atoms with E-state index in [2.05, 4.69) is 0 Å². The first-order valence-corrected chi connectivity index (χ1v) is 5.15. The molecule has 0 aromatic heterocycles. The zero-order valence-electron chi connectivity index (χ0n) is 8.27. The van der Waals surface area contributed by atoms with Gasteiger partial charge in [-0.25, -0.2) is 0 Å². The number of carbonyl (C=O) groups excluding carboxylic acids is 1. The lowest BCUT2D eigenvalue weighted by molar-refractivity contribution is -0.145. The van der Waals surface area contributed by atoms with E-state index in [0.717, 1.165) is 6.42 Å². The summed E-state index contributed by atoms with van der Waals surface area (Å²) in [4.78, 5) is 24.3. The minimum absolute atomic E-state index is 0.0382. The molecule has 4 heteroatoms. The van der Waals surface area contributed by atoms with Gasteiger partial charge in [0, 0.05) is 19.0 Å². The molecule has 1 aliphatic heterocycles. The highest BCUT2D eigenvalue weighted by molar-refractivity contribution is 5.81. The van der Waals surface area contributed by atoms with Crippen LogP contribution in [-0.4, -0.2) is 34.5 Å². The number of carboxylic acid groups (broad SMARTS) is 1. The van der Waals surface area contributed by atoms with Gasteiger partial charge in [-0.05, 0) is 25.7 Å². The number of amides is 1. The molecule has 1 aliphatic carbocycles. The van der Waals surface area contributed by atoms with Crippen LogP contribution in [0, 0.1) is 11.8 Å². The summed E-state index contributed by atoms with van der Waals surface area (Å²) in [6, 6.07) is -0.0382. The highest BCUT2D eigenvalue weighted by atomic mass is 16.4. The second-order valence-electron chi connectivity index (χ2n) is 4.23. The highest BCUT2D eigenvalue weighted by Crippen LogP contribution is 2.41. The van der Waals surface area contributed by atoms with Crippen LogP contribution < -0.4 is 0 Å². The third kappa shape index (κ3) is 1.29. The van der Waals surface area contributed by atoms with Crippen molar-refractivity contribution in [2.75, 3.05) is 6.54 Å². The molecule has 0 unspecified atom stereocenters. The molecular weight excluding hydrogens is 182 g/mol. The molecule has 1 saturated carbocycles. The Morgan fingerprint density at radius 2 is 2.29 bits per heavy atom. The predicted molar refractivity (Wildman–Crippen MR) is 49.6 cm³/mol. The minimum Gasteiger partial charge on any atom is -0.481 e. The molecular formula is C10H15NO3. The average Bonchev–Trinajstić information content (AvgIpc) is 2.45. The van der Waals surface area contributed by atoms with Crippen LogP contribution in [0.15, 0.2) is 0 Å². The SMILES string of the molecule is CCN1C(=O)C[C@H]2C[C@H](C(=O)O)[C@H]1C2. The molecule has 4 nitrogen and oxygen atoms in total. The second-order valence-corrected chi connectivity index (χ2v) is 4.23. The van der Waals surface area contributed by atoms with Crippen molar-refractivity contribution >= 4 is 11.9 Å². The number of rotatable bonds is 2. The van der Waals surface area contributed by atoms with Crippen molar-refractivity contribution in [3.8, 4) is 0 Å². The van der Waals surface area contributed by atoms with Crippen molar-refractivity contribution in [2.24, 2.45) is 11.8 Å². The molecule has 0 aromatic carbocycles. The molecule has 0 aromatic rings. The van der Waals surface area contributed by atoms with Crippen molar-refractivity contribution < 1.29 is 14.7 Å². The van der Waals surface area contributed by atoms with Gasteiger partial charge in [0.1, 0.15) is 0 Å². The summed E-state index contributed by atoms with van der Waals surface area (Å²) in [6.07, 6.45) is 2.12. The van der Waals surface area contributed by atoms with Gasteiger partial charge in [0.05, 0.1) is 5.92 Å². The summed E-state index contributed by atoms with van der Waals surface area (Å²) in [5, 5.41) is 9.02. The van der Waals surface area contributed by atoms with Crippen LogP contribution in [0.1, 0.15) is 26.2 Å². The minimum atomic E-state index is -0.745. The summed E-state index contributed by atoms with van der Waals surface area (Å²) in [5.74, 6) is -0.619. The van der Waals surface area contributed by atoms with Gasteiger partial charge in [-0.1, -0.05) is 0 Å². The molecule has 2 aliphatic rings. The van der Waals surface area contributed by atoms with E-state index in [0.29, 0.717) is 25.3 Å². The monoisotopic (exact) mass is 197 g/mol. The van der Waals surface area contributed by atoms with Gasteiger partial charge in [-0.3, -0.25) is 9.59 Å². The molecule has 3 atom stereocenters. The number of fused-ring (bicyclic) bond motifs is 2. The first-order chi connectivity index (χ1) is 6.63. The fraction of sp³-hybridized carbons (Fsp3) is 0.800. The van der Waals surface area contributed by atoms with Crippen LogP contribution in [0.5, 0.6) is 0 Å². The Balaban J connectivity index is 2.21. The van der Waals surface area contributed by atoms with Crippen LogP contribution >= 0.6 is 0 Å². The molecule has 2 bridgehead atoms. The van der Waals surface area contributed by atoms with Crippen molar-refractivity contribution in [1.82, 2.24) is 4.90 Å². The average molecular weight is 197 g/mol. The molecule has 0 radical (unpaired) electrons. The number of likely N-dealkylation sites (tertiary alicyclic amines) is 1. The topological polar surface area (TPSA) is 57.6 Å². The summed E-state index contributed by atoms with van der Waals surface area (Å²) in [5.41, 5.74) is 0. The predicted octanol–water partition coefficient (Wildman–Crippen LogP) is 0.718. The quantitative estimate of drug-likeness (QED) is 0.709. The van der Waals surface area contributed by atoms with Crippen molar-refractivity contribution in [1.29, 1.82) is 0 Å². The summed E-state index contributed by atoms with van der Waals surface area (Å²) in [6.45, 7) is 2.55. The maximum absolute atomic E-state index is 11.6. The molecule has 0 spiro atoms. The van der Waals surface area contributed by atoms with Gasteiger partial charge < -0.3 is 10.0 Å². The Hall–Kier alpha value is -1.06. The lowest BCUT2D eigenvalue weighted by Gasteiger charge is -2.33. The normalized spacial score (nSPS) is 36.2. The number of carboxylic acids is 1. The standard InChI is InChI=1S/C10H15NO3/c1-2-11-8-4-6(5-9(11)12)3-7(8)10(13)14/h6-8H,2-5H2,1H3,(H,13,14)/t6-,7-,8+/m0/s1. The van der Waals surface area contributed by atoms with Crippen molar-refractivity contribution in [3.63, 3.8) is 0 Å². The molecule has 78 valence electrons. The Morgan fingerprint density at radius 3 is 2.86 bits per heavy atom. The maximum Gasteiger partial charge on any atom is 0.308 e. The van der Waals surface area contributed by atoms with Gasteiger partial charge >= 0.3 is 5.97 Å². The largest absolute Gasteiger partial charge is 0.481 e. The number of nitrogens with zero attached hydrogens (tertiary/aromatic N) is 1. The maximum atomic E-state index is 11.6. The molecule has 1 heterocycles. The number of aliphatic carboxylic acids is 1. The van der Waals surface area contributed by atoms with Crippen LogP contribution in [0.4, 0.5) is 0 Å². The van der Waals surface area contributed by atoms with E-state index in [1.54, 1.807) is 4.90 Å². The molecule has 14 heavy (non-hydrogen) atoms. The van der Waals surface area contributed by atoms with Gasteiger partial charge in [0.15, 0.2) is 0 Å². The first kappa shape index (κ1) is 9.49. The molecule has 1 N–H and O–H groups in total. The molecule has 2 rings (SSSR count). The lowest BCUT2D eigenvalue weighted by Crippen LogP contribution is -2.46. The van der Waals surface area contributed by atoms with Crippen molar-refractivity contribution in [3.05, 3.63) is 0 Å².